The number of nitrogens with one attached hydrogen (secondary N) is 2. The Morgan fingerprint density at radius 2 is 1.66 bits per heavy atom. The van der Waals surface area contributed by atoms with Gasteiger partial charge in [0, 0.05) is 50.5 Å². The first-order valence-electron chi connectivity index (χ1n) is 13.3. The van der Waals surface area contributed by atoms with Crippen LogP contribution < -0.4 is 16.4 Å². The topological polar surface area (TPSA) is 130 Å². The van der Waals surface area contributed by atoms with Crippen LogP contribution in [-0.2, 0) is 11.3 Å². The molecule has 41 heavy (non-hydrogen) atoms. The average Bonchev–Trinajstić information content (AvgIpc) is 3.01. The fourth-order valence-electron chi connectivity index (χ4n) is 4.69. The number of hydrogen-bond acceptors (Lipinski definition) is 7. The normalized spacial score (nSPS) is 14.9. The molecule has 0 aliphatic carbocycles. The lowest BCUT2D eigenvalue weighted by Crippen LogP contribution is -2.46. The minimum atomic E-state index is -0.600. The van der Waals surface area contributed by atoms with Crippen molar-refractivity contribution in [2.45, 2.75) is 13.0 Å². The number of pyridine rings is 1. The van der Waals surface area contributed by atoms with Crippen LogP contribution in [0.4, 0.5) is 16.3 Å². The Kier molecular flexibility index (Phi) is 9.94. The van der Waals surface area contributed by atoms with Crippen molar-refractivity contribution in [2.75, 3.05) is 44.6 Å². The van der Waals surface area contributed by atoms with E-state index < -0.39 is 5.91 Å². The van der Waals surface area contributed by atoms with Crippen molar-refractivity contribution in [3.63, 3.8) is 0 Å². The van der Waals surface area contributed by atoms with Gasteiger partial charge in [-0.25, -0.2) is 9.78 Å². The molecule has 4 N–H and O–H groups in total. The maximum absolute atomic E-state index is 12.8. The van der Waals surface area contributed by atoms with Gasteiger partial charge in [0.2, 0.25) is 0 Å². The molecule has 3 amide bonds. The molecule has 214 valence electrons. The summed E-state index contributed by atoms with van der Waals surface area (Å²) in [6.45, 7) is 4.05. The highest BCUT2D eigenvalue weighted by Crippen LogP contribution is 2.26. The number of nitrogens with zero attached hydrogens (tertiary/aromatic N) is 3. The second-order valence-corrected chi connectivity index (χ2v) is 9.67. The van der Waals surface area contributed by atoms with Crippen molar-refractivity contribution >= 4 is 47.4 Å². The molecule has 1 saturated heterocycles. The van der Waals surface area contributed by atoms with Gasteiger partial charge in [-0.1, -0.05) is 36.4 Å². The first kappa shape index (κ1) is 29.6. The Bertz CT molecular complexity index is 1410. The molecule has 5 rings (SSSR count). The minimum Gasteiger partial charge on any atom is -0.445 e. The van der Waals surface area contributed by atoms with E-state index in [1.807, 2.05) is 41.3 Å². The van der Waals surface area contributed by atoms with Gasteiger partial charge in [0.25, 0.3) is 11.8 Å². The Hall–Kier alpha value is -4.41. The largest absolute Gasteiger partial charge is 0.445 e. The summed E-state index contributed by atoms with van der Waals surface area (Å²) < 4.78 is 5.45. The third-order valence-corrected chi connectivity index (χ3v) is 6.96. The lowest BCUT2D eigenvalue weighted by molar-refractivity contribution is 0.0735. The minimum absolute atomic E-state index is 0. The number of ether oxygens (including phenoxy) is 1. The van der Waals surface area contributed by atoms with E-state index in [-0.39, 0.29) is 36.6 Å². The number of piperazine rings is 1. The highest BCUT2D eigenvalue weighted by atomic mass is 35.5. The lowest BCUT2D eigenvalue weighted by Gasteiger charge is -2.27. The van der Waals surface area contributed by atoms with Crippen molar-refractivity contribution in [3.05, 3.63) is 95.2 Å². The van der Waals surface area contributed by atoms with Crippen LogP contribution in [0, 0.1) is 0 Å². The molecule has 11 heteroatoms. The molecular weight excluding hydrogens is 544 g/mol. The van der Waals surface area contributed by atoms with Gasteiger partial charge in [0.1, 0.15) is 12.4 Å². The molecule has 2 aliphatic rings. The summed E-state index contributed by atoms with van der Waals surface area (Å²) in [5.41, 5.74) is 9.74. The third kappa shape index (κ3) is 7.41. The van der Waals surface area contributed by atoms with E-state index in [4.69, 9.17) is 15.5 Å². The first-order chi connectivity index (χ1) is 19.5. The molecule has 0 spiro atoms. The molecule has 3 aromatic rings. The van der Waals surface area contributed by atoms with Crippen LogP contribution in [0.3, 0.4) is 0 Å². The van der Waals surface area contributed by atoms with E-state index in [2.05, 4.69) is 10.6 Å². The van der Waals surface area contributed by atoms with Crippen LogP contribution in [0.1, 0.15) is 38.4 Å². The van der Waals surface area contributed by atoms with Crippen LogP contribution in [0.5, 0.6) is 0 Å². The monoisotopic (exact) mass is 576 g/mol. The summed E-state index contributed by atoms with van der Waals surface area (Å²) in [5.74, 6) is -0.276. The van der Waals surface area contributed by atoms with Crippen LogP contribution in [-0.4, -0.2) is 72.0 Å². The first-order valence-corrected chi connectivity index (χ1v) is 13.3. The van der Waals surface area contributed by atoms with Crippen LogP contribution in [0.25, 0.3) is 5.57 Å². The molecular formula is C30H33ClN6O4. The van der Waals surface area contributed by atoms with Gasteiger partial charge in [-0.05, 0) is 54.0 Å². The summed E-state index contributed by atoms with van der Waals surface area (Å²) >= 11 is 0. The predicted octanol–water partition coefficient (Wildman–Crippen LogP) is 3.82. The highest BCUT2D eigenvalue weighted by molar-refractivity contribution is 5.99. The molecule has 2 aromatic carbocycles. The summed E-state index contributed by atoms with van der Waals surface area (Å²) in [7, 11) is 0. The van der Waals surface area contributed by atoms with Gasteiger partial charge in [-0.3, -0.25) is 9.59 Å². The van der Waals surface area contributed by atoms with Gasteiger partial charge in [0.05, 0.1) is 11.3 Å². The van der Waals surface area contributed by atoms with E-state index in [1.54, 1.807) is 41.3 Å². The molecule has 0 saturated carbocycles. The quantitative estimate of drug-likeness (QED) is 0.390. The summed E-state index contributed by atoms with van der Waals surface area (Å²) in [6, 6.07) is 20.1. The lowest BCUT2D eigenvalue weighted by atomic mass is 10.0. The van der Waals surface area contributed by atoms with Gasteiger partial charge in [-0.2, -0.15) is 0 Å². The molecule has 10 nitrogen and oxygen atoms in total. The van der Waals surface area contributed by atoms with E-state index >= 15 is 0 Å². The van der Waals surface area contributed by atoms with Crippen molar-refractivity contribution < 1.29 is 19.1 Å². The number of hydrogen-bond donors (Lipinski definition) is 3. The molecule has 2 aliphatic heterocycles. The molecule has 0 radical (unpaired) electrons. The Labute approximate surface area is 245 Å². The van der Waals surface area contributed by atoms with Crippen molar-refractivity contribution in [1.82, 2.24) is 20.1 Å². The number of primary amides is 1. The molecule has 0 atom stereocenters. The summed E-state index contributed by atoms with van der Waals surface area (Å²) in [6.07, 6.45) is 2.17. The Morgan fingerprint density at radius 1 is 0.927 bits per heavy atom. The third-order valence-electron chi connectivity index (χ3n) is 6.96. The molecule has 0 bridgehead atoms. The van der Waals surface area contributed by atoms with Gasteiger partial charge < -0.3 is 30.9 Å². The average molecular weight is 577 g/mol. The number of halogens is 1. The van der Waals surface area contributed by atoms with Crippen LogP contribution in [0.2, 0.25) is 0 Å². The standard InChI is InChI=1S/C30H32N6O4.ClH/c31-27(37)25-10-11-26(22-12-16-36(17-13-22)30(39)40-20-21-4-2-1-3-5-21)34-28(25)33-24-8-6-23(7-9-24)29(38)35-18-14-32-15-19-35;/h1-12,32H,13-20H2,(H2,31,37)(H,33,34);1H. The smallest absolute Gasteiger partial charge is 0.410 e. The number of aromatic nitrogens is 1. The van der Waals surface area contributed by atoms with E-state index in [9.17, 15) is 14.4 Å². The number of carbonyl (C=O) groups is 3. The van der Waals surface area contributed by atoms with Gasteiger partial charge in [0.15, 0.2) is 0 Å². The zero-order valence-corrected chi connectivity index (χ0v) is 23.4. The van der Waals surface area contributed by atoms with Crippen molar-refractivity contribution in [3.8, 4) is 0 Å². The van der Waals surface area contributed by atoms with Crippen LogP contribution >= 0.6 is 12.4 Å². The second-order valence-electron chi connectivity index (χ2n) is 9.67. The van der Waals surface area contributed by atoms with E-state index in [0.717, 1.165) is 24.2 Å². The van der Waals surface area contributed by atoms with E-state index in [1.165, 1.54) is 0 Å². The van der Waals surface area contributed by atoms with E-state index in [0.29, 0.717) is 55.4 Å². The van der Waals surface area contributed by atoms with Gasteiger partial charge in [-0.15, -0.1) is 12.4 Å². The number of amides is 3. The van der Waals surface area contributed by atoms with Crippen molar-refractivity contribution in [2.24, 2.45) is 5.73 Å². The SMILES string of the molecule is Cl.NC(=O)c1ccc(C2=CCN(C(=O)OCc3ccccc3)CC2)nc1Nc1ccc(C(=O)N2CCNCC2)cc1. The van der Waals surface area contributed by atoms with Crippen LogP contribution in [0.15, 0.2) is 72.8 Å². The fourth-order valence-corrected chi connectivity index (χ4v) is 4.69. The number of nitrogens with two attached hydrogens (primary N) is 1. The Morgan fingerprint density at radius 3 is 2.32 bits per heavy atom. The maximum Gasteiger partial charge on any atom is 0.410 e. The number of benzene rings is 2. The maximum atomic E-state index is 12.8. The molecule has 1 fully saturated rings. The zero-order chi connectivity index (χ0) is 27.9. The fraction of sp³-hybridized carbons (Fsp3) is 0.267. The second kappa shape index (κ2) is 13.8. The van der Waals surface area contributed by atoms with Gasteiger partial charge >= 0.3 is 6.09 Å². The summed E-state index contributed by atoms with van der Waals surface area (Å²) in [4.78, 5) is 45.6. The number of anilines is 2. The predicted molar refractivity (Wildman–Crippen MR) is 159 cm³/mol. The molecule has 1 aromatic heterocycles. The molecule has 0 unspecified atom stereocenters. The Balaban J connectivity index is 0.00000387. The number of carbonyl (C=O) groups excluding carboxylic acids is 3. The number of rotatable bonds is 7. The highest BCUT2D eigenvalue weighted by Gasteiger charge is 2.22. The van der Waals surface area contributed by atoms with Crippen molar-refractivity contribution in [1.29, 1.82) is 0 Å². The zero-order valence-electron chi connectivity index (χ0n) is 22.5. The summed E-state index contributed by atoms with van der Waals surface area (Å²) in [5, 5.41) is 6.42. The molecule has 3 heterocycles.